The zero-order valence-corrected chi connectivity index (χ0v) is 10.1. The molecule has 0 atom stereocenters. The maximum Gasteiger partial charge on any atom is 0.313 e. The topological polar surface area (TPSA) is 81.4 Å². The summed E-state index contributed by atoms with van der Waals surface area (Å²) >= 11 is 0. The van der Waals surface area contributed by atoms with Gasteiger partial charge in [0, 0.05) is 0 Å². The van der Waals surface area contributed by atoms with Crippen molar-refractivity contribution >= 4 is 17.5 Å². The Morgan fingerprint density at radius 1 is 1.35 bits per heavy atom. The Morgan fingerprint density at radius 3 is 2.47 bits per heavy atom. The Kier molecular flexibility index (Phi) is 4.09. The highest BCUT2D eigenvalue weighted by Crippen LogP contribution is 2.28. The summed E-state index contributed by atoms with van der Waals surface area (Å²) in [5, 5.41) is 2.42. The first kappa shape index (κ1) is 13.0. The van der Waals surface area contributed by atoms with E-state index < -0.39 is 11.8 Å². The van der Waals surface area contributed by atoms with E-state index in [9.17, 15) is 9.59 Å². The maximum absolute atomic E-state index is 11.2. The van der Waals surface area contributed by atoms with Gasteiger partial charge in [-0.15, -0.1) is 0 Å². The number of ether oxygens (including phenoxy) is 1. The second-order valence-electron chi connectivity index (χ2n) is 3.93. The molecule has 0 radical (unpaired) electrons. The number of nitrogens with two attached hydrogens (primary N) is 1. The molecule has 0 aliphatic carbocycles. The highest BCUT2D eigenvalue weighted by Gasteiger charge is 2.13. The first-order valence-electron chi connectivity index (χ1n) is 5.24. The van der Waals surface area contributed by atoms with Crippen LogP contribution < -0.4 is 15.8 Å². The summed E-state index contributed by atoms with van der Waals surface area (Å²) in [5.74, 6) is -1.08. The SMILES string of the molecule is COc1ccc(C(C)C)cc1NC(=O)C(N)=O. The van der Waals surface area contributed by atoms with E-state index in [0.717, 1.165) is 5.56 Å². The summed E-state index contributed by atoms with van der Waals surface area (Å²) in [6, 6.07) is 5.42. The Hall–Kier alpha value is -2.04. The van der Waals surface area contributed by atoms with E-state index in [0.29, 0.717) is 17.4 Å². The summed E-state index contributed by atoms with van der Waals surface area (Å²) in [4.78, 5) is 21.9. The molecule has 0 saturated carbocycles. The van der Waals surface area contributed by atoms with Gasteiger partial charge in [-0.2, -0.15) is 0 Å². The van der Waals surface area contributed by atoms with Gasteiger partial charge in [0.15, 0.2) is 0 Å². The predicted molar refractivity (Wildman–Crippen MR) is 64.9 cm³/mol. The van der Waals surface area contributed by atoms with E-state index in [1.165, 1.54) is 7.11 Å². The number of hydrogen-bond donors (Lipinski definition) is 2. The van der Waals surface area contributed by atoms with Gasteiger partial charge >= 0.3 is 11.8 Å². The molecule has 0 heterocycles. The average Bonchev–Trinajstić information content (AvgIpc) is 2.28. The number of primary amides is 1. The molecule has 17 heavy (non-hydrogen) atoms. The Bertz CT molecular complexity index is 441. The number of anilines is 1. The first-order chi connectivity index (χ1) is 7.95. The number of benzene rings is 1. The number of hydrogen-bond acceptors (Lipinski definition) is 3. The molecular formula is C12H16N2O3. The average molecular weight is 236 g/mol. The van der Waals surface area contributed by atoms with Crippen LogP contribution in [0.15, 0.2) is 18.2 Å². The second kappa shape index (κ2) is 5.34. The third-order valence-electron chi connectivity index (χ3n) is 2.36. The van der Waals surface area contributed by atoms with Gasteiger partial charge in [0.25, 0.3) is 0 Å². The normalized spacial score (nSPS) is 10.1. The molecule has 1 aromatic rings. The summed E-state index contributed by atoms with van der Waals surface area (Å²) in [6.45, 7) is 4.06. The third kappa shape index (κ3) is 3.21. The molecule has 2 amide bonds. The summed E-state index contributed by atoms with van der Waals surface area (Å²) in [7, 11) is 1.49. The van der Waals surface area contributed by atoms with Crippen LogP contribution in [0.4, 0.5) is 5.69 Å². The van der Waals surface area contributed by atoms with Gasteiger partial charge in [-0.25, -0.2) is 0 Å². The fourth-order valence-corrected chi connectivity index (χ4v) is 1.37. The smallest absolute Gasteiger partial charge is 0.313 e. The van der Waals surface area contributed by atoms with E-state index >= 15 is 0 Å². The molecule has 0 aliphatic rings. The Balaban J connectivity index is 3.06. The first-order valence-corrected chi connectivity index (χ1v) is 5.24. The zero-order valence-electron chi connectivity index (χ0n) is 10.1. The van der Waals surface area contributed by atoms with Crippen LogP contribution in [-0.4, -0.2) is 18.9 Å². The van der Waals surface area contributed by atoms with Crippen molar-refractivity contribution in [2.75, 3.05) is 12.4 Å². The van der Waals surface area contributed by atoms with Crippen molar-refractivity contribution in [2.45, 2.75) is 19.8 Å². The third-order valence-corrected chi connectivity index (χ3v) is 2.36. The van der Waals surface area contributed by atoms with Gasteiger partial charge in [0.1, 0.15) is 5.75 Å². The fourth-order valence-electron chi connectivity index (χ4n) is 1.37. The number of nitrogens with one attached hydrogen (secondary N) is 1. The Morgan fingerprint density at radius 2 is 2.00 bits per heavy atom. The largest absolute Gasteiger partial charge is 0.495 e. The van der Waals surface area contributed by atoms with Gasteiger partial charge in [-0.3, -0.25) is 9.59 Å². The maximum atomic E-state index is 11.2. The minimum atomic E-state index is -1.03. The number of methoxy groups -OCH3 is 1. The molecule has 0 unspecified atom stereocenters. The predicted octanol–water partition coefficient (Wildman–Crippen LogP) is 1.24. The van der Waals surface area contributed by atoms with E-state index in [4.69, 9.17) is 10.5 Å². The van der Waals surface area contributed by atoms with Crippen molar-refractivity contribution in [1.82, 2.24) is 0 Å². The van der Waals surface area contributed by atoms with Crippen LogP contribution in [0.2, 0.25) is 0 Å². The van der Waals surface area contributed by atoms with Crippen LogP contribution >= 0.6 is 0 Å². The lowest BCUT2D eigenvalue weighted by Crippen LogP contribution is -2.29. The van der Waals surface area contributed by atoms with Gasteiger partial charge in [-0.1, -0.05) is 19.9 Å². The number of carbonyl (C=O) groups is 2. The van der Waals surface area contributed by atoms with Crippen molar-refractivity contribution in [2.24, 2.45) is 5.73 Å². The molecule has 5 heteroatoms. The molecular weight excluding hydrogens is 220 g/mol. The monoisotopic (exact) mass is 236 g/mol. The van der Waals surface area contributed by atoms with Crippen LogP contribution in [0.5, 0.6) is 5.75 Å². The van der Waals surface area contributed by atoms with E-state index in [1.54, 1.807) is 12.1 Å². The minimum absolute atomic E-state index is 0.310. The van der Waals surface area contributed by atoms with Gasteiger partial charge in [0.05, 0.1) is 12.8 Å². The van der Waals surface area contributed by atoms with Crippen LogP contribution in [0, 0.1) is 0 Å². The molecule has 1 rings (SSSR count). The lowest BCUT2D eigenvalue weighted by Gasteiger charge is -2.12. The van der Waals surface area contributed by atoms with E-state index in [1.807, 2.05) is 19.9 Å². The van der Waals surface area contributed by atoms with Crippen LogP contribution in [-0.2, 0) is 9.59 Å². The zero-order chi connectivity index (χ0) is 13.0. The highest BCUT2D eigenvalue weighted by molar-refractivity contribution is 6.39. The fraction of sp³-hybridized carbons (Fsp3) is 0.333. The second-order valence-corrected chi connectivity index (χ2v) is 3.93. The molecule has 0 aliphatic heterocycles. The van der Waals surface area contributed by atoms with Crippen LogP contribution in [0.1, 0.15) is 25.3 Å². The van der Waals surface area contributed by atoms with Crippen molar-refractivity contribution in [3.05, 3.63) is 23.8 Å². The van der Waals surface area contributed by atoms with Gasteiger partial charge < -0.3 is 15.8 Å². The lowest BCUT2D eigenvalue weighted by molar-refractivity contribution is -0.134. The van der Waals surface area contributed by atoms with Crippen molar-refractivity contribution in [3.8, 4) is 5.75 Å². The minimum Gasteiger partial charge on any atom is -0.495 e. The highest BCUT2D eigenvalue weighted by atomic mass is 16.5. The van der Waals surface area contributed by atoms with Crippen LogP contribution in [0.3, 0.4) is 0 Å². The van der Waals surface area contributed by atoms with Crippen molar-refractivity contribution < 1.29 is 14.3 Å². The van der Waals surface area contributed by atoms with Crippen LogP contribution in [0.25, 0.3) is 0 Å². The Labute approximate surface area is 99.9 Å². The molecule has 0 spiro atoms. The molecule has 0 fully saturated rings. The molecule has 0 aromatic heterocycles. The molecule has 0 bridgehead atoms. The van der Waals surface area contributed by atoms with Gasteiger partial charge in [-0.05, 0) is 23.6 Å². The quantitative estimate of drug-likeness (QED) is 0.775. The standard InChI is InChI=1S/C12H16N2O3/c1-7(2)8-4-5-10(17-3)9(6-8)14-12(16)11(13)15/h4-7H,1-3H3,(H2,13,15)(H,14,16). The molecule has 5 nitrogen and oxygen atoms in total. The number of amides is 2. The summed E-state index contributed by atoms with van der Waals surface area (Å²) in [6.07, 6.45) is 0. The summed E-state index contributed by atoms with van der Waals surface area (Å²) < 4.78 is 5.09. The van der Waals surface area contributed by atoms with E-state index in [-0.39, 0.29) is 0 Å². The van der Waals surface area contributed by atoms with Crippen molar-refractivity contribution in [3.63, 3.8) is 0 Å². The lowest BCUT2D eigenvalue weighted by atomic mass is 10.0. The number of rotatable bonds is 3. The van der Waals surface area contributed by atoms with Crippen molar-refractivity contribution in [1.29, 1.82) is 0 Å². The molecule has 92 valence electrons. The van der Waals surface area contributed by atoms with Gasteiger partial charge in [0.2, 0.25) is 0 Å². The molecule has 0 saturated heterocycles. The molecule has 1 aromatic carbocycles. The summed E-state index contributed by atoms with van der Waals surface area (Å²) in [5.41, 5.74) is 6.36. The number of carbonyl (C=O) groups excluding carboxylic acids is 2. The molecule has 3 N–H and O–H groups in total. The van der Waals surface area contributed by atoms with E-state index in [2.05, 4.69) is 5.32 Å².